The summed E-state index contributed by atoms with van der Waals surface area (Å²) in [6, 6.07) is 0.209. The van der Waals surface area contributed by atoms with Crippen LogP contribution in [0.2, 0.25) is 0 Å². The van der Waals surface area contributed by atoms with Crippen molar-refractivity contribution in [2.45, 2.75) is 25.3 Å². The van der Waals surface area contributed by atoms with Crippen molar-refractivity contribution in [2.24, 2.45) is 0 Å². The van der Waals surface area contributed by atoms with E-state index in [1.165, 1.54) is 0 Å². The van der Waals surface area contributed by atoms with Crippen LogP contribution in [0, 0.1) is 0 Å². The van der Waals surface area contributed by atoms with E-state index in [4.69, 9.17) is 4.74 Å². The van der Waals surface area contributed by atoms with E-state index < -0.39 is 10.2 Å². The van der Waals surface area contributed by atoms with Gasteiger partial charge in [0.1, 0.15) is 0 Å². The Hall–Kier alpha value is 0.310. The maximum absolute atomic E-state index is 12.5. The fourth-order valence-corrected chi connectivity index (χ4v) is 4.60. The quantitative estimate of drug-likeness (QED) is 0.702. The predicted molar refractivity (Wildman–Crippen MR) is 69.5 cm³/mol. The molecule has 0 aromatic carbocycles. The van der Waals surface area contributed by atoms with E-state index >= 15 is 0 Å². The Labute approximate surface area is 111 Å². The third kappa shape index (κ3) is 3.01. The minimum atomic E-state index is -3.29. The largest absolute Gasteiger partial charge is 0.379 e. The van der Waals surface area contributed by atoms with Crippen molar-refractivity contribution in [2.75, 3.05) is 38.2 Å². The Kier molecular flexibility index (Phi) is 4.82. The average molecular weight is 327 g/mol. The molecule has 2 fully saturated rings. The Morgan fingerprint density at radius 3 is 2.41 bits per heavy atom. The van der Waals surface area contributed by atoms with Gasteiger partial charge in [-0.15, -0.1) is 0 Å². The van der Waals surface area contributed by atoms with Crippen LogP contribution in [0.1, 0.15) is 19.3 Å². The van der Waals surface area contributed by atoms with Crippen LogP contribution in [0.5, 0.6) is 0 Å². The number of rotatable bonds is 5. The van der Waals surface area contributed by atoms with Crippen LogP contribution in [-0.2, 0) is 14.9 Å². The van der Waals surface area contributed by atoms with Gasteiger partial charge in [-0.05, 0) is 12.8 Å². The Morgan fingerprint density at radius 2 is 1.94 bits per heavy atom. The number of halogens is 1. The van der Waals surface area contributed by atoms with Gasteiger partial charge < -0.3 is 4.74 Å². The zero-order valence-corrected chi connectivity index (χ0v) is 12.2. The molecule has 2 rings (SSSR count). The van der Waals surface area contributed by atoms with Crippen LogP contribution >= 0.6 is 15.9 Å². The number of ether oxygens (including phenoxy) is 1. The highest BCUT2D eigenvalue weighted by molar-refractivity contribution is 9.09. The molecule has 0 aromatic rings. The van der Waals surface area contributed by atoms with Crippen molar-refractivity contribution in [3.63, 3.8) is 0 Å². The molecule has 1 aliphatic carbocycles. The minimum Gasteiger partial charge on any atom is -0.379 e. The fourth-order valence-electron chi connectivity index (χ4n) is 2.17. The normalized spacial score (nSPS) is 23.9. The second kappa shape index (κ2) is 5.97. The van der Waals surface area contributed by atoms with Gasteiger partial charge in [-0.3, -0.25) is 0 Å². The smallest absolute Gasteiger partial charge is 0.282 e. The summed E-state index contributed by atoms with van der Waals surface area (Å²) >= 11 is 3.34. The first kappa shape index (κ1) is 13.7. The van der Waals surface area contributed by atoms with Crippen molar-refractivity contribution in [3.8, 4) is 0 Å². The van der Waals surface area contributed by atoms with Crippen molar-refractivity contribution >= 4 is 26.1 Å². The summed E-state index contributed by atoms with van der Waals surface area (Å²) in [5.74, 6) is 0. The molecule has 1 saturated heterocycles. The van der Waals surface area contributed by atoms with Gasteiger partial charge in [0.25, 0.3) is 10.2 Å². The van der Waals surface area contributed by atoms with E-state index in [9.17, 15) is 8.42 Å². The Morgan fingerprint density at radius 1 is 1.29 bits per heavy atom. The topological polar surface area (TPSA) is 49.9 Å². The predicted octanol–water partition coefficient (Wildman–Crippen LogP) is 0.813. The zero-order valence-electron chi connectivity index (χ0n) is 9.85. The second-order valence-electron chi connectivity index (χ2n) is 4.40. The van der Waals surface area contributed by atoms with Gasteiger partial charge in [0.15, 0.2) is 0 Å². The van der Waals surface area contributed by atoms with Crippen LogP contribution in [0.3, 0.4) is 0 Å². The third-order valence-corrected chi connectivity index (χ3v) is 5.83. The number of alkyl halides is 1. The molecule has 0 atom stereocenters. The highest BCUT2D eigenvalue weighted by Crippen LogP contribution is 2.28. The van der Waals surface area contributed by atoms with Gasteiger partial charge in [0, 0.05) is 31.0 Å². The standard InChI is InChI=1S/C10H19BrN2O3S/c11-4-5-13(10-2-1-3-10)17(14,15)12-6-8-16-9-7-12/h10H,1-9H2. The molecule has 100 valence electrons. The molecule has 0 radical (unpaired) electrons. The maximum Gasteiger partial charge on any atom is 0.282 e. The van der Waals surface area contributed by atoms with Gasteiger partial charge in [-0.2, -0.15) is 17.0 Å². The SMILES string of the molecule is O=S(=O)(N1CCOCC1)N(CCBr)C1CCC1. The minimum absolute atomic E-state index is 0.209. The molecule has 7 heteroatoms. The first-order valence-corrected chi connectivity index (χ1v) is 8.58. The van der Waals surface area contributed by atoms with Gasteiger partial charge >= 0.3 is 0 Å². The lowest BCUT2D eigenvalue weighted by Gasteiger charge is -2.39. The molecular formula is C10H19BrN2O3S. The molecule has 1 heterocycles. The zero-order chi connectivity index (χ0) is 12.3. The molecule has 0 N–H and O–H groups in total. The van der Waals surface area contributed by atoms with Crippen LogP contribution in [0.15, 0.2) is 0 Å². The molecular weight excluding hydrogens is 308 g/mol. The van der Waals surface area contributed by atoms with E-state index in [0.29, 0.717) is 38.2 Å². The molecule has 0 bridgehead atoms. The monoisotopic (exact) mass is 326 g/mol. The molecule has 2 aliphatic rings. The molecule has 0 spiro atoms. The maximum atomic E-state index is 12.5. The molecule has 0 aromatic heterocycles. The summed E-state index contributed by atoms with van der Waals surface area (Å²) < 4.78 is 33.4. The first-order chi connectivity index (χ1) is 8.16. The number of hydrogen-bond acceptors (Lipinski definition) is 3. The van der Waals surface area contributed by atoms with Crippen LogP contribution in [0.25, 0.3) is 0 Å². The highest BCUT2D eigenvalue weighted by atomic mass is 79.9. The van der Waals surface area contributed by atoms with Crippen molar-refractivity contribution < 1.29 is 13.2 Å². The summed E-state index contributed by atoms with van der Waals surface area (Å²) in [7, 11) is -3.29. The van der Waals surface area contributed by atoms with E-state index in [1.54, 1.807) is 8.61 Å². The average Bonchev–Trinajstić information content (AvgIpc) is 2.27. The van der Waals surface area contributed by atoms with Gasteiger partial charge in [0.2, 0.25) is 0 Å². The summed E-state index contributed by atoms with van der Waals surface area (Å²) in [5, 5.41) is 0.688. The fraction of sp³-hybridized carbons (Fsp3) is 1.00. The molecule has 1 saturated carbocycles. The third-order valence-electron chi connectivity index (χ3n) is 3.38. The van der Waals surface area contributed by atoms with E-state index in [-0.39, 0.29) is 6.04 Å². The van der Waals surface area contributed by atoms with E-state index in [0.717, 1.165) is 19.3 Å². The van der Waals surface area contributed by atoms with E-state index in [2.05, 4.69) is 15.9 Å². The van der Waals surface area contributed by atoms with Crippen molar-refractivity contribution in [1.82, 2.24) is 8.61 Å². The van der Waals surface area contributed by atoms with Crippen molar-refractivity contribution in [1.29, 1.82) is 0 Å². The lowest BCUT2D eigenvalue weighted by molar-refractivity contribution is 0.0680. The number of hydrogen-bond donors (Lipinski definition) is 0. The summed E-state index contributed by atoms with van der Waals surface area (Å²) in [4.78, 5) is 0. The molecule has 1 aliphatic heterocycles. The highest BCUT2D eigenvalue weighted by Gasteiger charge is 2.37. The molecule has 5 nitrogen and oxygen atoms in total. The number of morpholine rings is 1. The molecule has 17 heavy (non-hydrogen) atoms. The van der Waals surface area contributed by atoms with Gasteiger partial charge in [0.05, 0.1) is 13.2 Å². The Bertz CT molecular complexity index is 339. The molecule has 0 unspecified atom stereocenters. The summed E-state index contributed by atoms with van der Waals surface area (Å²) in [6.07, 6.45) is 3.13. The van der Waals surface area contributed by atoms with Crippen molar-refractivity contribution in [3.05, 3.63) is 0 Å². The Balaban J connectivity index is 2.08. The summed E-state index contributed by atoms with van der Waals surface area (Å²) in [5.41, 5.74) is 0. The van der Waals surface area contributed by atoms with Gasteiger partial charge in [-0.1, -0.05) is 22.4 Å². The number of nitrogens with zero attached hydrogens (tertiary/aromatic N) is 2. The lowest BCUT2D eigenvalue weighted by atomic mass is 9.93. The second-order valence-corrected chi connectivity index (χ2v) is 7.08. The van der Waals surface area contributed by atoms with Gasteiger partial charge in [-0.25, -0.2) is 0 Å². The van der Waals surface area contributed by atoms with Crippen LogP contribution in [0.4, 0.5) is 0 Å². The van der Waals surface area contributed by atoms with Crippen LogP contribution in [-0.4, -0.2) is 61.2 Å². The lowest BCUT2D eigenvalue weighted by Crippen LogP contribution is -2.54. The first-order valence-electron chi connectivity index (χ1n) is 6.07. The van der Waals surface area contributed by atoms with Crippen LogP contribution < -0.4 is 0 Å². The van der Waals surface area contributed by atoms with E-state index in [1.807, 2.05) is 0 Å². The summed E-state index contributed by atoms with van der Waals surface area (Å²) in [6.45, 7) is 2.53. The molecule has 0 amide bonds.